The summed E-state index contributed by atoms with van der Waals surface area (Å²) in [5.41, 5.74) is 2.18. The standard InChI is InChI=1S/C47H61N5O9S/c1-31(51(5)46(57)61-47(2,3)4)42(53)50-41(32-12-7-6-8-13-32)44(54)52-24-11-16-39(52)43-49-38(30-62-43)36-21-22-40(37-15-10-9-14-35(36)37)60-29-28-59-27-26-58-25-23-48-34-19-17-33(18-20-34)45(55)56/h9-10,14-15,17-22,30-32,39,41,48H,6-8,11-13,16,23-29H2,1-5H3,(H,50,53)(H,55,56)/t31-,39-,41-/m0/s1. The van der Waals surface area contributed by atoms with Gasteiger partial charge in [0.25, 0.3) is 0 Å². The Morgan fingerprint density at radius 2 is 1.58 bits per heavy atom. The molecular weight excluding hydrogens is 811 g/mol. The number of aromatic nitrogens is 1. The molecule has 3 aromatic carbocycles. The number of aromatic carboxylic acids is 1. The summed E-state index contributed by atoms with van der Waals surface area (Å²) in [6.45, 7) is 10.3. The van der Waals surface area contributed by atoms with E-state index in [1.54, 1.807) is 70.3 Å². The number of thiazole rings is 1. The Kier molecular flexibility index (Phi) is 16.2. The Bertz CT molecular complexity index is 2130. The molecule has 1 aromatic heterocycles. The number of nitrogens with one attached hydrogen (secondary N) is 2. The van der Waals surface area contributed by atoms with Crippen LogP contribution in [0.25, 0.3) is 22.0 Å². The fourth-order valence-electron chi connectivity index (χ4n) is 7.97. The molecule has 15 heteroatoms. The summed E-state index contributed by atoms with van der Waals surface area (Å²) in [4.78, 5) is 60.4. The van der Waals surface area contributed by atoms with Gasteiger partial charge in [0.05, 0.1) is 43.7 Å². The number of amides is 3. The van der Waals surface area contributed by atoms with Crippen molar-refractivity contribution in [1.29, 1.82) is 0 Å². The van der Waals surface area contributed by atoms with Crippen molar-refractivity contribution in [2.45, 2.75) is 96.4 Å². The maximum Gasteiger partial charge on any atom is 0.410 e. The number of benzene rings is 3. The number of likely N-dealkylation sites (N-methyl/N-ethyl adjacent to an activating group) is 1. The molecule has 0 radical (unpaired) electrons. The van der Waals surface area contributed by atoms with Gasteiger partial charge >= 0.3 is 12.1 Å². The molecule has 3 atom stereocenters. The highest BCUT2D eigenvalue weighted by Crippen LogP contribution is 2.40. The molecule has 1 aliphatic carbocycles. The third kappa shape index (κ3) is 12.2. The van der Waals surface area contributed by atoms with Gasteiger partial charge in [-0.1, -0.05) is 43.5 Å². The third-order valence-electron chi connectivity index (χ3n) is 11.4. The second-order valence-electron chi connectivity index (χ2n) is 17.0. The third-order valence-corrected chi connectivity index (χ3v) is 12.3. The van der Waals surface area contributed by atoms with Crippen LogP contribution in [0.1, 0.15) is 94.0 Å². The number of rotatable bonds is 19. The van der Waals surface area contributed by atoms with Gasteiger partial charge in [0, 0.05) is 42.2 Å². The molecule has 6 rings (SSSR count). The van der Waals surface area contributed by atoms with Gasteiger partial charge in [0.1, 0.15) is 35.0 Å². The molecule has 4 aromatic rings. The maximum atomic E-state index is 14.6. The van der Waals surface area contributed by atoms with Crippen molar-refractivity contribution in [2.24, 2.45) is 5.92 Å². The Morgan fingerprint density at radius 3 is 2.29 bits per heavy atom. The number of carbonyl (C=O) groups is 4. The predicted octanol–water partition coefficient (Wildman–Crippen LogP) is 8.17. The minimum absolute atomic E-state index is 0.0129. The molecule has 0 spiro atoms. The lowest BCUT2D eigenvalue weighted by atomic mass is 9.83. The van der Waals surface area contributed by atoms with Crippen LogP contribution < -0.4 is 15.4 Å². The summed E-state index contributed by atoms with van der Waals surface area (Å²) in [6.07, 6.45) is 5.88. The number of anilines is 1. The fourth-order valence-corrected chi connectivity index (χ4v) is 8.94. The monoisotopic (exact) mass is 871 g/mol. The largest absolute Gasteiger partial charge is 0.491 e. The highest BCUT2D eigenvalue weighted by atomic mass is 32.1. The molecule has 1 aliphatic heterocycles. The van der Waals surface area contributed by atoms with E-state index >= 15 is 0 Å². The summed E-state index contributed by atoms with van der Waals surface area (Å²) in [7, 11) is 1.55. The van der Waals surface area contributed by atoms with Gasteiger partial charge in [-0.3, -0.25) is 14.5 Å². The topological polar surface area (TPSA) is 169 Å². The van der Waals surface area contributed by atoms with Crippen LogP contribution in [0.15, 0.2) is 66.0 Å². The molecular formula is C47H61N5O9S. The van der Waals surface area contributed by atoms with Gasteiger partial charge in [-0.15, -0.1) is 11.3 Å². The minimum atomic E-state index is -0.952. The lowest BCUT2D eigenvalue weighted by Gasteiger charge is -2.36. The number of ether oxygens (including phenoxy) is 4. The number of carboxylic acids is 1. The smallest absolute Gasteiger partial charge is 0.410 e. The van der Waals surface area contributed by atoms with Crippen molar-refractivity contribution in [3.63, 3.8) is 0 Å². The molecule has 1 saturated heterocycles. The first-order valence-electron chi connectivity index (χ1n) is 21.7. The van der Waals surface area contributed by atoms with E-state index in [1.165, 1.54) is 4.90 Å². The van der Waals surface area contributed by atoms with E-state index in [-0.39, 0.29) is 29.3 Å². The van der Waals surface area contributed by atoms with Gasteiger partial charge in [-0.25, -0.2) is 14.6 Å². The highest BCUT2D eigenvalue weighted by molar-refractivity contribution is 7.10. The fraction of sp³-hybridized carbons (Fsp3) is 0.511. The first kappa shape index (κ1) is 46.3. The number of likely N-dealkylation sites (tertiary alicyclic amines) is 1. The molecule has 14 nitrogen and oxygen atoms in total. The molecule has 334 valence electrons. The first-order valence-corrected chi connectivity index (χ1v) is 22.6. The Hall–Kier alpha value is -5.25. The molecule has 3 amide bonds. The van der Waals surface area contributed by atoms with Crippen LogP contribution in [0.3, 0.4) is 0 Å². The average Bonchev–Trinajstić information content (AvgIpc) is 3.96. The quantitative estimate of drug-likeness (QED) is 0.0778. The number of carboxylic acid groups (broad SMARTS) is 1. The summed E-state index contributed by atoms with van der Waals surface area (Å²) >= 11 is 1.55. The molecule has 2 heterocycles. The lowest BCUT2D eigenvalue weighted by Crippen LogP contribution is -2.56. The number of nitrogens with zero attached hydrogens (tertiary/aromatic N) is 3. The van der Waals surface area contributed by atoms with Crippen LogP contribution in [0.4, 0.5) is 10.5 Å². The van der Waals surface area contributed by atoms with Gasteiger partial charge in [0.15, 0.2) is 0 Å². The molecule has 0 bridgehead atoms. The summed E-state index contributed by atoms with van der Waals surface area (Å²) in [5, 5.41) is 20.2. The van der Waals surface area contributed by atoms with Crippen LogP contribution in [0.5, 0.6) is 5.75 Å². The van der Waals surface area contributed by atoms with E-state index in [0.717, 1.165) is 83.4 Å². The maximum absolute atomic E-state index is 14.6. The molecule has 3 N–H and O–H groups in total. The minimum Gasteiger partial charge on any atom is -0.491 e. The van der Waals surface area contributed by atoms with Crippen molar-refractivity contribution in [3.05, 3.63) is 76.6 Å². The Balaban J connectivity index is 1.03. The number of hydrogen-bond donors (Lipinski definition) is 3. The Morgan fingerprint density at radius 1 is 0.887 bits per heavy atom. The average molecular weight is 872 g/mol. The van der Waals surface area contributed by atoms with E-state index in [1.807, 2.05) is 35.2 Å². The van der Waals surface area contributed by atoms with Crippen molar-refractivity contribution < 1.29 is 43.2 Å². The molecule has 62 heavy (non-hydrogen) atoms. The second kappa shape index (κ2) is 21.7. The van der Waals surface area contributed by atoms with Crippen LogP contribution in [-0.4, -0.2) is 115 Å². The SMILES string of the molecule is C[C@@H](C(=O)N[C@H](C(=O)N1CCC[C@H]1c1nc(-c2ccc(OCCOCCOCCNc3ccc(C(=O)O)cc3)c3ccccc23)cs1)C1CCCCC1)N(C)C(=O)OC(C)(C)C. The van der Waals surface area contributed by atoms with E-state index < -0.39 is 29.7 Å². The zero-order valence-electron chi connectivity index (χ0n) is 36.5. The van der Waals surface area contributed by atoms with Gasteiger partial charge in [0.2, 0.25) is 11.8 Å². The summed E-state index contributed by atoms with van der Waals surface area (Å²) < 4.78 is 23.1. The number of carbonyl (C=O) groups excluding carboxylic acids is 3. The summed E-state index contributed by atoms with van der Waals surface area (Å²) in [6, 6.07) is 16.9. The van der Waals surface area contributed by atoms with Crippen molar-refractivity contribution in [1.82, 2.24) is 20.1 Å². The van der Waals surface area contributed by atoms with Gasteiger partial charge in [-0.2, -0.15) is 0 Å². The van der Waals surface area contributed by atoms with Crippen molar-refractivity contribution in [3.8, 4) is 17.0 Å². The molecule has 1 saturated carbocycles. The number of hydrogen-bond acceptors (Lipinski definition) is 11. The molecule has 2 fully saturated rings. The van der Waals surface area contributed by atoms with Crippen molar-refractivity contribution >= 4 is 51.7 Å². The van der Waals surface area contributed by atoms with Crippen molar-refractivity contribution in [2.75, 3.05) is 58.5 Å². The molecule has 0 unspecified atom stereocenters. The van der Waals surface area contributed by atoms with E-state index in [4.69, 9.17) is 29.0 Å². The lowest BCUT2D eigenvalue weighted by molar-refractivity contribution is -0.140. The van der Waals surface area contributed by atoms with Crippen LogP contribution in [-0.2, 0) is 23.8 Å². The Labute approximate surface area is 368 Å². The van der Waals surface area contributed by atoms with E-state index in [0.29, 0.717) is 46.1 Å². The summed E-state index contributed by atoms with van der Waals surface area (Å²) in [5.74, 6) is -0.656. The van der Waals surface area contributed by atoms with Crippen LogP contribution in [0.2, 0.25) is 0 Å². The zero-order valence-corrected chi connectivity index (χ0v) is 37.3. The normalized spacial score (nSPS) is 16.7. The number of fused-ring (bicyclic) bond motifs is 1. The van der Waals surface area contributed by atoms with Gasteiger partial charge < -0.3 is 39.6 Å². The predicted molar refractivity (Wildman–Crippen MR) is 240 cm³/mol. The van der Waals surface area contributed by atoms with Gasteiger partial charge in [-0.05, 0) is 101 Å². The molecule has 2 aliphatic rings. The zero-order chi connectivity index (χ0) is 44.2. The second-order valence-corrected chi connectivity index (χ2v) is 17.8. The highest BCUT2D eigenvalue weighted by Gasteiger charge is 2.41. The first-order chi connectivity index (χ1) is 29.8. The van der Waals surface area contributed by atoms with E-state index in [9.17, 15) is 19.2 Å². The van der Waals surface area contributed by atoms with Crippen LogP contribution in [0, 0.1) is 5.92 Å². The van der Waals surface area contributed by atoms with Crippen LogP contribution >= 0.6 is 11.3 Å². The van der Waals surface area contributed by atoms with E-state index in [2.05, 4.69) is 22.1 Å².